The Morgan fingerprint density at radius 2 is 2.10 bits per heavy atom. The maximum absolute atomic E-state index is 9.15. The number of aromatic nitrogens is 1. The lowest BCUT2D eigenvalue weighted by Crippen LogP contribution is -1.99. The number of ether oxygens (including phenoxy) is 1. The highest BCUT2D eigenvalue weighted by Gasteiger charge is 2.07. The van der Waals surface area contributed by atoms with Crippen molar-refractivity contribution in [1.29, 1.82) is 5.26 Å². The van der Waals surface area contributed by atoms with E-state index in [9.17, 15) is 0 Å². The van der Waals surface area contributed by atoms with Gasteiger partial charge in [-0.3, -0.25) is 0 Å². The number of methoxy groups -OCH3 is 1. The van der Waals surface area contributed by atoms with Crippen LogP contribution in [0.1, 0.15) is 11.1 Å². The number of hydrogen-bond acceptors (Lipinski definition) is 2. The second-order valence-corrected chi connectivity index (χ2v) is 5.17. The monoisotopic (exact) mass is 296 g/mol. The highest BCUT2D eigenvalue weighted by atomic mass is 35.5. The van der Waals surface area contributed by atoms with E-state index >= 15 is 0 Å². The topological polar surface area (TPSA) is 38.0 Å². The Morgan fingerprint density at radius 1 is 1.24 bits per heavy atom. The molecule has 0 aliphatic rings. The summed E-state index contributed by atoms with van der Waals surface area (Å²) >= 11 is 6.19. The second kappa shape index (κ2) is 5.51. The van der Waals surface area contributed by atoms with Crippen LogP contribution in [0.15, 0.2) is 48.7 Å². The SMILES string of the molecule is COc1ccc(Cn2ccc3c(Cl)cccc32)cc1C#N. The lowest BCUT2D eigenvalue weighted by atomic mass is 10.1. The van der Waals surface area contributed by atoms with Crippen molar-refractivity contribution in [2.75, 3.05) is 7.11 Å². The Bertz CT molecular complexity index is 846. The minimum atomic E-state index is 0.546. The molecule has 3 rings (SSSR count). The lowest BCUT2D eigenvalue weighted by Gasteiger charge is -2.08. The molecule has 0 atom stereocenters. The smallest absolute Gasteiger partial charge is 0.136 e. The molecule has 0 saturated carbocycles. The number of benzene rings is 2. The van der Waals surface area contributed by atoms with Crippen LogP contribution >= 0.6 is 11.6 Å². The normalized spacial score (nSPS) is 10.5. The molecule has 0 amide bonds. The van der Waals surface area contributed by atoms with E-state index in [1.165, 1.54) is 0 Å². The van der Waals surface area contributed by atoms with Gasteiger partial charge in [-0.2, -0.15) is 5.26 Å². The van der Waals surface area contributed by atoms with Gasteiger partial charge < -0.3 is 9.30 Å². The van der Waals surface area contributed by atoms with Gasteiger partial charge in [0.25, 0.3) is 0 Å². The first-order valence-corrected chi connectivity index (χ1v) is 6.91. The van der Waals surface area contributed by atoms with Gasteiger partial charge in [-0.15, -0.1) is 0 Å². The van der Waals surface area contributed by atoms with Gasteiger partial charge >= 0.3 is 0 Å². The van der Waals surface area contributed by atoms with Crippen LogP contribution in [-0.4, -0.2) is 11.7 Å². The molecule has 1 aromatic heterocycles. The van der Waals surface area contributed by atoms with Gasteiger partial charge in [0.1, 0.15) is 11.8 Å². The van der Waals surface area contributed by atoms with Gasteiger partial charge in [0.2, 0.25) is 0 Å². The summed E-state index contributed by atoms with van der Waals surface area (Å²) < 4.78 is 7.28. The predicted octanol–water partition coefficient (Wildman–Crippen LogP) is 4.22. The molecule has 104 valence electrons. The number of hydrogen-bond donors (Lipinski definition) is 0. The molecule has 3 nitrogen and oxygen atoms in total. The highest BCUT2D eigenvalue weighted by molar-refractivity contribution is 6.35. The molecule has 3 aromatic rings. The Hall–Kier alpha value is -2.44. The molecule has 0 saturated heterocycles. The zero-order chi connectivity index (χ0) is 14.8. The van der Waals surface area contributed by atoms with Crippen molar-refractivity contribution in [2.45, 2.75) is 6.54 Å². The molecule has 0 radical (unpaired) electrons. The molecule has 0 aliphatic heterocycles. The van der Waals surface area contributed by atoms with Crippen LogP contribution in [0.5, 0.6) is 5.75 Å². The first-order valence-electron chi connectivity index (χ1n) is 6.53. The first kappa shape index (κ1) is 13.5. The second-order valence-electron chi connectivity index (χ2n) is 4.76. The van der Waals surface area contributed by atoms with E-state index in [0.29, 0.717) is 17.9 Å². The Balaban J connectivity index is 1.99. The van der Waals surface area contributed by atoms with Crippen LogP contribution in [0.2, 0.25) is 5.02 Å². The van der Waals surface area contributed by atoms with Crippen molar-refractivity contribution < 1.29 is 4.74 Å². The van der Waals surface area contributed by atoms with E-state index in [2.05, 4.69) is 10.6 Å². The van der Waals surface area contributed by atoms with Gasteiger partial charge in [-0.25, -0.2) is 0 Å². The number of nitrogens with zero attached hydrogens (tertiary/aromatic N) is 2. The summed E-state index contributed by atoms with van der Waals surface area (Å²) in [5.74, 6) is 0.599. The van der Waals surface area contributed by atoms with Crippen LogP contribution in [0, 0.1) is 11.3 Å². The van der Waals surface area contributed by atoms with Gasteiger partial charge in [-0.1, -0.05) is 23.7 Å². The standard InChI is InChI=1S/C17H13ClN2O/c1-21-17-6-5-12(9-13(17)10-19)11-20-8-7-14-15(18)3-2-4-16(14)20/h2-9H,11H2,1H3. The van der Waals surface area contributed by atoms with E-state index in [1.54, 1.807) is 7.11 Å². The van der Waals surface area contributed by atoms with Crippen LogP contribution in [0.3, 0.4) is 0 Å². The first-order chi connectivity index (χ1) is 10.2. The average molecular weight is 297 g/mol. The Labute approximate surface area is 127 Å². The van der Waals surface area contributed by atoms with Crippen molar-refractivity contribution in [3.8, 4) is 11.8 Å². The Kier molecular flexibility index (Phi) is 3.55. The molecule has 0 fully saturated rings. The van der Waals surface area contributed by atoms with Crippen LogP contribution < -0.4 is 4.74 Å². The summed E-state index contributed by atoms with van der Waals surface area (Å²) in [7, 11) is 1.57. The van der Waals surface area contributed by atoms with Crippen molar-refractivity contribution in [3.05, 3.63) is 64.8 Å². The minimum absolute atomic E-state index is 0.546. The predicted molar refractivity (Wildman–Crippen MR) is 83.8 cm³/mol. The van der Waals surface area contributed by atoms with Gasteiger partial charge in [0.15, 0.2) is 0 Å². The fraction of sp³-hybridized carbons (Fsp3) is 0.118. The fourth-order valence-electron chi connectivity index (χ4n) is 2.46. The highest BCUT2D eigenvalue weighted by Crippen LogP contribution is 2.25. The molecule has 4 heteroatoms. The summed E-state index contributed by atoms with van der Waals surface area (Å²) in [4.78, 5) is 0. The van der Waals surface area contributed by atoms with Crippen molar-refractivity contribution in [3.63, 3.8) is 0 Å². The van der Waals surface area contributed by atoms with Crippen molar-refractivity contribution in [1.82, 2.24) is 4.57 Å². The molecule has 0 bridgehead atoms. The van der Waals surface area contributed by atoms with Gasteiger partial charge in [0, 0.05) is 28.7 Å². The molecule has 0 aliphatic carbocycles. The average Bonchev–Trinajstić information content (AvgIpc) is 2.92. The van der Waals surface area contributed by atoms with Gasteiger partial charge in [0.05, 0.1) is 12.7 Å². The van der Waals surface area contributed by atoms with Crippen molar-refractivity contribution >= 4 is 22.5 Å². The molecule has 2 aromatic carbocycles. The third kappa shape index (κ3) is 2.46. The van der Waals surface area contributed by atoms with Crippen LogP contribution in [0.25, 0.3) is 10.9 Å². The summed E-state index contributed by atoms with van der Waals surface area (Å²) in [5, 5.41) is 10.9. The van der Waals surface area contributed by atoms with E-state index in [0.717, 1.165) is 21.5 Å². The summed E-state index contributed by atoms with van der Waals surface area (Å²) in [5.41, 5.74) is 2.67. The maximum Gasteiger partial charge on any atom is 0.136 e. The summed E-state index contributed by atoms with van der Waals surface area (Å²) in [6.45, 7) is 0.683. The molecule has 21 heavy (non-hydrogen) atoms. The van der Waals surface area contributed by atoms with Crippen LogP contribution in [-0.2, 0) is 6.54 Å². The van der Waals surface area contributed by atoms with E-state index in [4.69, 9.17) is 21.6 Å². The molecule has 0 N–H and O–H groups in total. The number of fused-ring (bicyclic) bond motifs is 1. The molecular weight excluding hydrogens is 284 g/mol. The molecular formula is C17H13ClN2O. The van der Waals surface area contributed by atoms with Gasteiger partial charge in [-0.05, 0) is 35.9 Å². The van der Waals surface area contributed by atoms with Crippen LogP contribution in [0.4, 0.5) is 0 Å². The molecule has 0 spiro atoms. The summed E-state index contributed by atoms with van der Waals surface area (Å²) in [6.07, 6.45) is 2.01. The minimum Gasteiger partial charge on any atom is -0.495 e. The number of nitriles is 1. The van der Waals surface area contributed by atoms with Crippen molar-refractivity contribution in [2.24, 2.45) is 0 Å². The fourth-order valence-corrected chi connectivity index (χ4v) is 2.69. The third-order valence-electron chi connectivity index (χ3n) is 3.50. The lowest BCUT2D eigenvalue weighted by molar-refractivity contribution is 0.413. The maximum atomic E-state index is 9.15. The van der Waals surface area contributed by atoms with E-state index in [1.807, 2.05) is 48.7 Å². The number of halogens is 1. The zero-order valence-corrected chi connectivity index (χ0v) is 12.3. The summed E-state index contributed by atoms with van der Waals surface area (Å²) in [6, 6.07) is 15.7. The largest absolute Gasteiger partial charge is 0.495 e. The van der Waals surface area contributed by atoms with E-state index in [-0.39, 0.29) is 0 Å². The van der Waals surface area contributed by atoms with E-state index < -0.39 is 0 Å². The quantitative estimate of drug-likeness (QED) is 0.725. The molecule has 0 unspecified atom stereocenters. The molecule has 1 heterocycles. The zero-order valence-electron chi connectivity index (χ0n) is 11.5. The Morgan fingerprint density at radius 3 is 2.86 bits per heavy atom. The number of rotatable bonds is 3. The third-order valence-corrected chi connectivity index (χ3v) is 3.83.